The van der Waals surface area contributed by atoms with Crippen LogP contribution in [-0.4, -0.2) is 28.6 Å². The molecule has 5 nitrogen and oxygen atoms in total. The molecule has 0 unspecified atom stereocenters. The second kappa shape index (κ2) is 5.61. The smallest absolute Gasteiger partial charge is 0.234 e. The van der Waals surface area contributed by atoms with E-state index in [0.29, 0.717) is 17.3 Å². The van der Waals surface area contributed by atoms with E-state index in [1.807, 2.05) is 42.6 Å². The van der Waals surface area contributed by atoms with Crippen LogP contribution in [0.4, 0.5) is 0 Å². The minimum Gasteiger partial charge on any atom is -0.493 e. The molecule has 3 rings (SSSR count). The molecule has 114 valence electrons. The highest BCUT2D eigenvalue weighted by molar-refractivity contribution is 9.10. The number of benzene rings is 1. The molecule has 0 saturated heterocycles. The molecular formula is C16H16BrN3O2. The van der Waals surface area contributed by atoms with E-state index < -0.39 is 0 Å². The van der Waals surface area contributed by atoms with E-state index in [9.17, 15) is 0 Å². The van der Waals surface area contributed by atoms with Crippen LogP contribution in [-0.2, 0) is 0 Å². The highest BCUT2D eigenvalue weighted by Gasteiger charge is 2.13. The maximum absolute atomic E-state index is 5.35. The van der Waals surface area contributed by atoms with Crippen LogP contribution in [0.5, 0.6) is 11.5 Å². The zero-order valence-corrected chi connectivity index (χ0v) is 14.4. The molecule has 0 radical (unpaired) electrons. The Morgan fingerprint density at radius 3 is 2.45 bits per heavy atom. The fourth-order valence-corrected chi connectivity index (χ4v) is 2.68. The second-order valence-corrected chi connectivity index (χ2v) is 5.76. The number of hydrogen-bond acceptors (Lipinski definition) is 4. The molecule has 2 aromatic heterocycles. The monoisotopic (exact) mass is 361 g/mol. The van der Waals surface area contributed by atoms with Crippen molar-refractivity contribution in [2.75, 3.05) is 14.2 Å². The van der Waals surface area contributed by atoms with Gasteiger partial charge in [-0.3, -0.25) is 4.40 Å². The number of halogens is 1. The van der Waals surface area contributed by atoms with Crippen molar-refractivity contribution in [2.24, 2.45) is 0 Å². The average molecular weight is 362 g/mol. The van der Waals surface area contributed by atoms with Crippen LogP contribution in [0, 0.1) is 13.8 Å². The van der Waals surface area contributed by atoms with Gasteiger partial charge in [0.1, 0.15) is 0 Å². The lowest BCUT2D eigenvalue weighted by molar-refractivity contribution is 0.355. The first-order chi connectivity index (χ1) is 10.5. The number of hydrogen-bond donors (Lipinski definition) is 0. The fourth-order valence-electron chi connectivity index (χ4n) is 2.40. The molecule has 22 heavy (non-hydrogen) atoms. The molecule has 0 aliphatic carbocycles. The Hall–Kier alpha value is -2.08. The minimum atomic E-state index is 0.680. The summed E-state index contributed by atoms with van der Waals surface area (Å²) in [6.07, 6.45) is 1.98. The Morgan fingerprint density at radius 1 is 1.05 bits per heavy atom. The highest BCUT2D eigenvalue weighted by Crippen LogP contribution is 2.32. The minimum absolute atomic E-state index is 0.680. The first-order valence-corrected chi connectivity index (χ1v) is 7.58. The summed E-state index contributed by atoms with van der Waals surface area (Å²) >= 11 is 3.56. The molecule has 0 aliphatic heterocycles. The Morgan fingerprint density at radius 2 is 1.77 bits per heavy atom. The number of fused-ring (bicyclic) bond motifs is 1. The number of rotatable bonds is 3. The number of nitrogens with zero attached hydrogens (tertiary/aromatic N) is 3. The first kappa shape index (κ1) is 14.8. The standard InChI is InChI=1S/C16H16BrN3O2/c1-9-15(17)10(2)20-8-12(19-16(20)18-9)11-5-6-13(21-3)14(7-11)22-4/h5-8H,1-4H3. The zero-order valence-electron chi connectivity index (χ0n) is 12.8. The lowest BCUT2D eigenvalue weighted by atomic mass is 10.1. The van der Waals surface area contributed by atoms with Crippen LogP contribution in [0.25, 0.3) is 17.0 Å². The molecule has 0 atom stereocenters. The summed E-state index contributed by atoms with van der Waals surface area (Å²) < 4.78 is 13.6. The molecule has 0 aliphatic rings. The van der Waals surface area contributed by atoms with Gasteiger partial charge >= 0.3 is 0 Å². The van der Waals surface area contributed by atoms with Gasteiger partial charge in [0.25, 0.3) is 0 Å². The quantitative estimate of drug-likeness (QED) is 0.711. The third kappa shape index (κ3) is 2.33. The van der Waals surface area contributed by atoms with Gasteiger partial charge in [-0.2, -0.15) is 0 Å². The molecule has 0 amide bonds. The van der Waals surface area contributed by atoms with E-state index in [1.54, 1.807) is 14.2 Å². The summed E-state index contributed by atoms with van der Waals surface area (Å²) in [4.78, 5) is 9.12. The van der Waals surface area contributed by atoms with Crippen molar-refractivity contribution in [2.45, 2.75) is 13.8 Å². The summed E-state index contributed by atoms with van der Waals surface area (Å²) in [5.74, 6) is 2.06. The van der Waals surface area contributed by atoms with E-state index in [-0.39, 0.29) is 0 Å². The van der Waals surface area contributed by atoms with Crippen molar-refractivity contribution in [3.05, 3.63) is 40.3 Å². The molecule has 2 heterocycles. The number of aryl methyl sites for hydroxylation is 2. The molecule has 3 aromatic rings. The van der Waals surface area contributed by atoms with Crippen LogP contribution in [0.2, 0.25) is 0 Å². The lowest BCUT2D eigenvalue weighted by Crippen LogP contribution is -1.97. The van der Waals surface area contributed by atoms with Crippen molar-refractivity contribution >= 4 is 21.7 Å². The van der Waals surface area contributed by atoms with E-state index in [2.05, 4.69) is 25.9 Å². The molecule has 0 bridgehead atoms. The molecule has 0 fully saturated rings. The van der Waals surface area contributed by atoms with Gasteiger partial charge in [0.15, 0.2) is 11.5 Å². The number of aromatic nitrogens is 3. The van der Waals surface area contributed by atoms with Gasteiger partial charge in [-0.1, -0.05) is 0 Å². The molecule has 1 aromatic carbocycles. The van der Waals surface area contributed by atoms with Crippen LogP contribution >= 0.6 is 15.9 Å². The predicted octanol–water partition coefficient (Wildman–Crippen LogP) is 3.79. The second-order valence-electron chi connectivity index (χ2n) is 4.96. The Kier molecular flexibility index (Phi) is 3.78. The van der Waals surface area contributed by atoms with Gasteiger partial charge in [0.05, 0.1) is 30.1 Å². The summed E-state index contributed by atoms with van der Waals surface area (Å²) in [5, 5.41) is 0. The van der Waals surface area contributed by atoms with Gasteiger partial charge < -0.3 is 9.47 Å². The summed E-state index contributed by atoms with van der Waals surface area (Å²) in [5.41, 5.74) is 3.79. The Balaban J connectivity index is 2.17. The molecule has 0 spiro atoms. The van der Waals surface area contributed by atoms with Crippen LogP contribution < -0.4 is 9.47 Å². The maximum Gasteiger partial charge on any atom is 0.234 e. The largest absolute Gasteiger partial charge is 0.493 e. The van der Waals surface area contributed by atoms with Crippen molar-refractivity contribution < 1.29 is 9.47 Å². The SMILES string of the molecule is COc1ccc(-c2cn3c(C)c(Br)c(C)nc3n2)cc1OC. The molecule has 0 saturated carbocycles. The maximum atomic E-state index is 5.35. The number of ether oxygens (including phenoxy) is 2. The molecule has 6 heteroatoms. The van der Waals surface area contributed by atoms with Gasteiger partial charge in [-0.15, -0.1) is 0 Å². The van der Waals surface area contributed by atoms with Crippen molar-refractivity contribution in [1.82, 2.24) is 14.4 Å². The van der Waals surface area contributed by atoms with E-state index >= 15 is 0 Å². The summed E-state index contributed by atoms with van der Waals surface area (Å²) in [6, 6.07) is 5.75. The Bertz CT molecular complexity index is 858. The molecular weight excluding hydrogens is 346 g/mol. The summed E-state index contributed by atoms with van der Waals surface area (Å²) in [7, 11) is 3.24. The third-order valence-electron chi connectivity index (χ3n) is 3.63. The van der Waals surface area contributed by atoms with Crippen molar-refractivity contribution in [3.63, 3.8) is 0 Å². The average Bonchev–Trinajstić information content (AvgIpc) is 2.96. The van der Waals surface area contributed by atoms with E-state index in [0.717, 1.165) is 27.1 Å². The van der Waals surface area contributed by atoms with Crippen LogP contribution in [0.3, 0.4) is 0 Å². The Labute approximate surface area is 137 Å². The van der Waals surface area contributed by atoms with Crippen molar-refractivity contribution in [1.29, 1.82) is 0 Å². The van der Waals surface area contributed by atoms with Crippen LogP contribution in [0.15, 0.2) is 28.9 Å². The van der Waals surface area contributed by atoms with Gasteiger partial charge in [-0.05, 0) is 48.0 Å². The number of imidazole rings is 1. The van der Waals surface area contributed by atoms with E-state index in [4.69, 9.17) is 9.47 Å². The van der Waals surface area contributed by atoms with Gasteiger partial charge in [-0.25, -0.2) is 9.97 Å². The topological polar surface area (TPSA) is 48.7 Å². The zero-order chi connectivity index (χ0) is 15.9. The third-order valence-corrected chi connectivity index (χ3v) is 4.78. The van der Waals surface area contributed by atoms with Gasteiger partial charge in [0.2, 0.25) is 5.78 Å². The van der Waals surface area contributed by atoms with Crippen LogP contribution in [0.1, 0.15) is 11.4 Å². The lowest BCUT2D eigenvalue weighted by Gasteiger charge is -2.08. The first-order valence-electron chi connectivity index (χ1n) is 6.79. The normalized spacial score (nSPS) is 11.0. The predicted molar refractivity (Wildman–Crippen MR) is 88.7 cm³/mol. The van der Waals surface area contributed by atoms with Gasteiger partial charge in [0, 0.05) is 17.5 Å². The number of methoxy groups -OCH3 is 2. The molecule has 0 N–H and O–H groups in total. The van der Waals surface area contributed by atoms with E-state index in [1.165, 1.54) is 0 Å². The highest BCUT2D eigenvalue weighted by atomic mass is 79.9. The van der Waals surface area contributed by atoms with Crippen molar-refractivity contribution in [3.8, 4) is 22.8 Å². The summed E-state index contributed by atoms with van der Waals surface area (Å²) in [6.45, 7) is 3.99. The fraction of sp³-hybridized carbons (Fsp3) is 0.250.